The molecular formula is C15H17NO3. The van der Waals surface area contributed by atoms with Gasteiger partial charge in [0, 0.05) is 24.4 Å². The fraction of sp³-hybridized carbons (Fsp3) is 0.200. The van der Waals surface area contributed by atoms with E-state index in [4.69, 9.17) is 4.74 Å². The van der Waals surface area contributed by atoms with E-state index in [-0.39, 0.29) is 5.75 Å². The van der Waals surface area contributed by atoms with Crippen LogP contribution in [0.4, 0.5) is 5.69 Å². The van der Waals surface area contributed by atoms with Crippen LogP contribution in [0.15, 0.2) is 42.5 Å². The molecule has 1 atom stereocenters. The maximum atomic E-state index is 10.4. The summed E-state index contributed by atoms with van der Waals surface area (Å²) in [5.74, 6) is 0.722. The third-order valence-corrected chi connectivity index (χ3v) is 2.98. The molecule has 3 N–H and O–H groups in total. The summed E-state index contributed by atoms with van der Waals surface area (Å²) in [6, 6.07) is 12.2. The lowest BCUT2D eigenvalue weighted by molar-refractivity contribution is 0.214. The molecule has 0 heterocycles. The van der Waals surface area contributed by atoms with Crippen molar-refractivity contribution < 1.29 is 14.9 Å². The van der Waals surface area contributed by atoms with Gasteiger partial charge in [0.1, 0.15) is 17.6 Å². The predicted octanol–water partition coefficient (Wildman–Crippen LogP) is 2.52. The number of rotatable bonds is 4. The zero-order valence-electron chi connectivity index (χ0n) is 10.9. The van der Waals surface area contributed by atoms with Gasteiger partial charge in [0.25, 0.3) is 0 Å². The summed E-state index contributed by atoms with van der Waals surface area (Å²) in [6.45, 7) is 0. The van der Waals surface area contributed by atoms with Crippen LogP contribution in [0.3, 0.4) is 0 Å². The molecular weight excluding hydrogens is 242 g/mol. The molecule has 0 spiro atoms. The minimum Gasteiger partial charge on any atom is -0.508 e. The molecule has 1 unspecified atom stereocenters. The van der Waals surface area contributed by atoms with E-state index in [1.807, 2.05) is 12.1 Å². The second kappa shape index (κ2) is 5.63. The second-order valence-corrected chi connectivity index (χ2v) is 4.21. The summed E-state index contributed by atoms with van der Waals surface area (Å²) < 4.78 is 5.24. The Morgan fingerprint density at radius 3 is 2.58 bits per heavy atom. The van der Waals surface area contributed by atoms with Gasteiger partial charge in [0.2, 0.25) is 0 Å². The van der Waals surface area contributed by atoms with Crippen molar-refractivity contribution in [2.45, 2.75) is 6.10 Å². The molecule has 0 fully saturated rings. The summed E-state index contributed by atoms with van der Waals surface area (Å²) >= 11 is 0. The molecule has 0 radical (unpaired) electrons. The lowest BCUT2D eigenvalue weighted by Gasteiger charge is -2.16. The van der Waals surface area contributed by atoms with Crippen molar-refractivity contribution in [2.75, 3.05) is 19.5 Å². The zero-order chi connectivity index (χ0) is 13.8. The smallest absolute Gasteiger partial charge is 0.125 e. The molecule has 0 saturated heterocycles. The summed E-state index contributed by atoms with van der Waals surface area (Å²) in [7, 11) is 3.32. The van der Waals surface area contributed by atoms with E-state index < -0.39 is 6.10 Å². The number of nitrogens with one attached hydrogen (secondary N) is 1. The quantitative estimate of drug-likeness (QED) is 0.789. The zero-order valence-corrected chi connectivity index (χ0v) is 10.9. The van der Waals surface area contributed by atoms with Gasteiger partial charge in [0.05, 0.1) is 7.11 Å². The first-order valence-electron chi connectivity index (χ1n) is 5.98. The van der Waals surface area contributed by atoms with Crippen LogP contribution in [0.2, 0.25) is 0 Å². The standard InChI is InChI=1S/C15H17NO3/c1-16-11-7-10(8-12(17)9-11)15(18)13-5-3-4-6-14(13)19-2/h3-9,15-18H,1-2H3. The Labute approximate surface area is 112 Å². The van der Waals surface area contributed by atoms with Crippen LogP contribution in [0.1, 0.15) is 17.2 Å². The van der Waals surface area contributed by atoms with Crippen molar-refractivity contribution in [3.8, 4) is 11.5 Å². The van der Waals surface area contributed by atoms with Crippen LogP contribution in [0.25, 0.3) is 0 Å². The van der Waals surface area contributed by atoms with Crippen LogP contribution in [0, 0.1) is 0 Å². The Bertz CT molecular complexity index is 569. The Balaban J connectivity index is 2.43. The minimum absolute atomic E-state index is 0.107. The Morgan fingerprint density at radius 1 is 1.16 bits per heavy atom. The molecule has 0 aliphatic heterocycles. The van der Waals surface area contributed by atoms with Crippen LogP contribution in [-0.2, 0) is 0 Å². The van der Waals surface area contributed by atoms with Crippen LogP contribution in [-0.4, -0.2) is 24.4 Å². The summed E-state index contributed by atoms with van der Waals surface area (Å²) in [4.78, 5) is 0. The number of benzene rings is 2. The third-order valence-electron chi connectivity index (χ3n) is 2.98. The average Bonchev–Trinajstić information content (AvgIpc) is 2.45. The fourth-order valence-electron chi connectivity index (χ4n) is 2.01. The number of hydrogen-bond acceptors (Lipinski definition) is 4. The highest BCUT2D eigenvalue weighted by Crippen LogP contribution is 2.32. The molecule has 0 bridgehead atoms. The third kappa shape index (κ3) is 2.80. The largest absolute Gasteiger partial charge is 0.508 e. The lowest BCUT2D eigenvalue weighted by atomic mass is 10.00. The Hall–Kier alpha value is -2.20. The maximum absolute atomic E-state index is 10.4. The fourth-order valence-corrected chi connectivity index (χ4v) is 2.01. The van der Waals surface area contributed by atoms with Gasteiger partial charge >= 0.3 is 0 Å². The normalized spacial score (nSPS) is 11.9. The summed E-state index contributed by atoms with van der Waals surface area (Å²) in [5, 5.41) is 23.0. The average molecular weight is 259 g/mol. The van der Waals surface area contributed by atoms with Crippen molar-refractivity contribution >= 4 is 5.69 Å². The first-order chi connectivity index (χ1) is 9.15. The number of phenols is 1. The number of ether oxygens (including phenoxy) is 1. The number of aromatic hydroxyl groups is 1. The Kier molecular flexibility index (Phi) is 3.92. The molecule has 0 saturated carbocycles. The summed E-state index contributed by atoms with van der Waals surface area (Å²) in [6.07, 6.45) is -0.852. The number of aliphatic hydroxyl groups excluding tert-OH is 1. The van der Waals surface area contributed by atoms with Gasteiger partial charge in [-0.2, -0.15) is 0 Å². The lowest BCUT2D eigenvalue weighted by Crippen LogP contribution is -2.03. The van der Waals surface area contributed by atoms with Gasteiger partial charge < -0.3 is 20.3 Å². The highest BCUT2D eigenvalue weighted by Gasteiger charge is 2.16. The molecule has 0 aromatic heterocycles. The first kappa shape index (κ1) is 13.2. The molecule has 2 aromatic carbocycles. The number of anilines is 1. The van der Waals surface area contributed by atoms with Crippen molar-refractivity contribution in [1.29, 1.82) is 0 Å². The van der Waals surface area contributed by atoms with Crippen molar-refractivity contribution in [2.24, 2.45) is 0 Å². The molecule has 0 aliphatic rings. The first-order valence-corrected chi connectivity index (χ1v) is 5.98. The van der Waals surface area contributed by atoms with Gasteiger partial charge in [-0.1, -0.05) is 18.2 Å². The summed E-state index contributed by atoms with van der Waals surface area (Å²) in [5.41, 5.74) is 2.01. The highest BCUT2D eigenvalue weighted by molar-refractivity contribution is 5.53. The number of hydrogen-bond donors (Lipinski definition) is 3. The maximum Gasteiger partial charge on any atom is 0.125 e. The Morgan fingerprint density at radius 2 is 1.89 bits per heavy atom. The molecule has 19 heavy (non-hydrogen) atoms. The number of methoxy groups -OCH3 is 1. The monoisotopic (exact) mass is 259 g/mol. The van der Waals surface area contributed by atoms with E-state index in [2.05, 4.69) is 5.32 Å². The molecule has 0 amide bonds. The molecule has 100 valence electrons. The molecule has 4 heteroatoms. The second-order valence-electron chi connectivity index (χ2n) is 4.21. The number of phenolic OH excluding ortho intramolecular Hbond substituents is 1. The van der Waals surface area contributed by atoms with Crippen LogP contribution >= 0.6 is 0 Å². The van der Waals surface area contributed by atoms with E-state index in [0.29, 0.717) is 16.9 Å². The van der Waals surface area contributed by atoms with Gasteiger partial charge in [-0.3, -0.25) is 0 Å². The van der Waals surface area contributed by atoms with E-state index >= 15 is 0 Å². The highest BCUT2D eigenvalue weighted by atomic mass is 16.5. The van der Waals surface area contributed by atoms with E-state index in [1.165, 1.54) is 6.07 Å². The number of aliphatic hydroxyl groups is 1. The van der Waals surface area contributed by atoms with Crippen molar-refractivity contribution in [1.82, 2.24) is 0 Å². The molecule has 0 aliphatic carbocycles. The molecule has 2 aromatic rings. The van der Waals surface area contributed by atoms with Gasteiger partial charge in [-0.15, -0.1) is 0 Å². The van der Waals surface area contributed by atoms with E-state index in [9.17, 15) is 10.2 Å². The SMILES string of the molecule is CNc1cc(O)cc(C(O)c2ccccc2OC)c1. The van der Waals surface area contributed by atoms with Crippen LogP contribution < -0.4 is 10.1 Å². The number of para-hydroxylation sites is 1. The molecule has 4 nitrogen and oxygen atoms in total. The van der Waals surface area contributed by atoms with Gasteiger partial charge in [-0.05, 0) is 23.8 Å². The van der Waals surface area contributed by atoms with Gasteiger partial charge in [0.15, 0.2) is 0 Å². The van der Waals surface area contributed by atoms with Crippen molar-refractivity contribution in [3.05, 3.63) is 53.6 Å². The van der Waals surface area contributed by atoms with Crippen molar-refractivity contribution in [3.63, 3.8) is 0 Å². The topological polar surface area (TPSA) is 61.7 Å². The van der Waals surface area contributed by atoms with E-state index in [1.54, 1.807) is 38.4 Å². The predicted molar refractivity (Wildman–Crippen MR) is 74.7 cm³/mol. The van der Waals surface area contributed by atoms with E-state index in [0.717, 1.165) is 5.69 Å². The van der Waals surface area contributed by atoms with Crippen LogP contribution in [0.5, 0.6) is 11.5 Å². The van der Waals surface area contributed by atoms with Gasteiger partial charge in [-0.25, -0.2) is 0 Å². The minimum atomic E-state index is -0.852. The molecule has 2 rings (SSSR count).